The molecule has 21 heavy (non-hydrogen) atoms. The highest BCUT2D eigenvalue weighted by Crippen LogP contribution is 2.28. The van der Waals surface area contributed by atoms with Crippen LogP contribution in [0.15, 0.2) is 42.7 Å². The molecule has 4 nitrogen and oxygen atoms in total. The Kier molecular flexibility index (Phi) is 4.33. The van der Waals surface area contributed by atoms with E-state index in [9.17, 15) is 14.3 Å². The van der Waals surface area contributed by atoms with Gasteiger partial charge in [-0.2, -0.15) is 0 Å². The van der Waals surface area contributed by atoms with Crippen LogP contribution in [0.4, 0.5) is 4.39 Å². The molecule has 0 fully saturated rings. The van der Waals surface area contributed by atoms with Crippen molar-refractivity contribution in [2.75, 3.05) is 6.54 Å². The summed E-state index contributed by atoms with van der Waals surface area (Å²) in [5.41, 5.74) is 6.62. The minimum absolute atomic E-state index is 0.0814. The van der Waals surface area contributed by atoms with Gasteiger partial charge in [-0.05, 0) is 30.5 Å². The number of carboxylic acids is 1. The van der Waals surface area contributed by atoms with E-state index < -0.39 is 17.2 Å². The van der Waals surface area contributed by atoms with E-state index in [1.54, 1.807) is 12.1 Å². The molecule has 0 spiro atoms. The Bertz CT molecular complexity index is 643. The van der Waals surface area contributed by atoms with E-state index >= 15 is 0 Å². The summed E-state index contributed by atoms with van der Waals surface area (Å²) in [6.45, 7) is 1.84. The standard InChI is InChI=1S/C16H17FN2O2/c1-11-2-4-13(5-3-11)16(10-18,15(20)21)7-12-6-14(17)9-19-8-12/h2-6,8-9H,7,10,18H2,1H3,(H,20,21). The first-order valence-electron chi connectivity index (χ1n) is 6.58. The second kappa shape index (κ2) is 6.01. The van der Waals surface area contributed by atoms with Gasteiger partial charge in [-0.25, -0.2) is 4.39 Å². The zero-order valence-electron chi connectivity index (χ0n) is 11.7. The van der Waals surface area contributed by atoms with Crippen molar-refractivity contribution in [1.82, 2.24) is 4.98 Å². The van der Waals surface area contributed by atoms with Gasteiger partial charge in [0.25, 0.3) is 0 Å². The van der Waals surface area contributed by atoms with E-state index in [4.69, 9.17) is 5.73 Å². The summed E-state index contributed by atoms with van der Waals surface area (Å²) in [6.07, 6.45) is 2.64. The van der Waals surface area contributed by atoms with E-state index in [-0.39, 0.29) is 13.0 Å². The van der Waals surface area contributed by atoms with Gasteiger partial charge in [0.05, 0.1) is 6.20 Å². The first-order chi connectivity index (χ1) is 9.98. The number of benzene rings is 1. The molecule has 110 valence electrons. The minimum atomic E-state index is -1.29. The Morgan fingerprint density at radius 3 is 2.52 bits per heavy atom. The van der Waals surface area contributed by atoms with Crippen LogP contribution in [0.25, 0.3) is 0 Å². The van der Waals surface area contributed by atoms with Crippen LogP contribution in [0.2, 0.25) is 0 Å². The molecule has 0 radical (unpaired) electrons. The lowest BCUT2D eigenvalue weighted by atomic mass is 9.75. The highest BCUT2D eigenvalue weighted by Gasteiger charge is 2.39. The third-order valence-electron chi connectivity index (χ3n) is 3.63. The van der Waals surface area contributed by atoms with Gasteiger partial charge in [0.2, 0.25) is 0 Å². The average Bonchev–Trinajstić information content (AvgIpc) is 2.45. The molecular formula is C16H17FN2O2. The molecular weight excluding hydrogens is 271 g/mol. The molecule has 0 aliphatic carbocycles. The lowest BCUT2D eigenvalue weighted by molar-refractivity contribution is -0.143. The molecule has 0 amide bonds. The molecule has 2 rings (SSSR count). The van der Waals surface area contributed by atoms with Crippen LogP contribution in [-0.2, 0) is 16.6 Å². The van der Waals surface area contributed by atoms with Gasteiger partial charge in [-0.1, -0.05) is 29.8 Å². The van der Waals surface area contributed by atoms with Crippen LogP contribution in [0.3, 0.4) is 0 Å². The van der Waals surface area contributed by atoms with Gasteiger partial charge in [0.1, 0.15) is 11.2 Å². The zero-order chi connectivity index (χ0) is 15.5. The highest BCUT2D eigenvalue weighted by atomic mass is 19.1. The molecule has 0 saturated carbocycles. The van der Waals surface area contributed by atoms with Gasteiger partial charge in [-0.15, -0.1) is 0 Å². The highest BCUT2D eigenvalue weighted by molar-refractivity contribution is 5.82. The maximum absolute atomic E-state index is 13.3. The first kappa shape index (κ1) is 15.1. The largest absolute Gasteiger partial charge is 0.481 e. The lowest BCUT2D eigenvalue weighted by Crippen LogP contribution is -2.45. The quantitative estimate of drug-likeness (QED) is 0.883. The molecule has 0 aliphatic heterocycles. The van der Waals surface area contributed by atoms with E-state index in [2.05, 4.69) is 4.98 Å². The fourth-order valence-electron chi connectivity index (χ4n) is 2.35. The summed E-state index contributed by atoms with van der Waals surface area (Å²) in [5.74, 6) is -1.52. The summed E-state index contributed by atoms with van der Waals surface area (Å²) in [7, 11) is 0. The maximum atomic E-state index is 13.3. The zero-order valence-corrected chi connectivity index (χ0v) is 11.7. The van der Waals surface area contributed by atoms with Gasteiger partial charge >= 0.3 is 5.97 Å². The molecule has 1 heterocycles. The number of aromatic nitrogens is 1. The molecule has 0 saturated heterocycles. The Morgan fingerprint density at radius 2 is 2.00 bits per heavy atom. The van der Waals surface area contributed by atoms with Crippen molar-refractivity contribution in [2.24, 2.45) is 5.73 Å². The van der Waals surface area contributed by atoms with Gasteiger partial charge in [-0.3, -0.25) is 9.78 Å². The lowest BCUT2D eigenvalue weighted by Gasteiger charge is -2.28. The number of aryl methyl sites for hydroxylation is 1. The van der Waals surface area contributed by atoms with Crippen LogP contribution in [0.5, 0.6) is 0 Å². The predicted molar refractivity (Wildman–Crippen MR) is 77.4 cm³/mol. The Hall–Kier alpha value is -2.27. The normalized spacial score (nSPS) is 13.7. The Morgan fingerprint density at radius 1 is 1.33 bits per heavy atom. The number of rotatable bonds is 5. The van der Waals surface area contributed by atoms with Crippen molar-refractivity contribution in [3.05, 3.63) is 65.2 Å². The number of aliphatic carboxylic acids is 1. The summed E-state index contributed by atoms with van der Waals surface area (Å²) in [6, 6.07) is 8.47. The predicted octanol–water partition coefficient (Wildman–Crippen LogP) is 2.05. The fourth-order valence-corrected chi connectivity index (χ4v) is 2.35. The smallest absolute Gasteiger partial charge is 0.315 e. The van der Waals surface area contributed by atoms with Crippen molar-refractivity contribution < 1.29 is 14.3 Å². The summed E-state index contributed by atoms with van der Waals surface area (Å²) < 4.78 is 13.3. The third-order valence-corrected chi connectivity index (χ3v) is 3.63. The number of nitrogens with two attached hydrogens (primary N) is 1. The Balaban J connectivity index is 2.46. The summed E-state index contributed by atoms with van der Waals surface area (Å²) in [5, 5.41) is 9.68. The van der Waals surface area contributed by atoms with Crippen molar-refractivity contribution >= 4 is 5.97 Å². The molecule has 1 unspecified atom stereocenters. The van der Waals surface area contributed by atoms with Crippen molar-refractivity contribution in [1.29, 1.82) is 0 Å². The maximum Gasteiger partial charge on any atom is 0.315 e. The number of nitrogens with zero attached hydrogens (tertiary/aromatic N) is 1. The van der Waals surface area contributed by atoms with E-state index in [0.717, 1.165) is 11.8 Å². The molecule has 3 N–H and O–H groups in total. The molecule has 5 heteroatoms. The number of carbonyl (C=O) groups is 1. The van der Waals surface area contributed by atoms with Crippen LogP contribution in [0.1, 0.15) is 16.7 Å². The summed E-state index contributed by atoms with van der Waals surface area (Å²) >= 11 is 0. The second-order valence-corrected chi connectivity index (χ2v) is 5.15. The van der Waals surface area contributed by atoms with Gasteiger partial charge in [0.15, 0.2) is 0 Å². The number of pyridine rings is 1. The molecule has 1 aromatic heterocycles. The van der Waals surface area contributed by atoms with E-state index in [1.807, 2.05) is 19.1 Å². The van der Waals surface area contributed by atoms with Crippen LogP contribution < -0.4 is 5.73 Å². The number of hydrogen-bond donors (Lipinski definition) is 2. The SMILES string of the molecule is Cc1ccc(C(CN)(Cc2cncc(F)c2)C(=O)O)cc1. The molecule has 0 aliphatic rings. The van der Waals surface area contributed by atoms with Crippen LogP contribution in [-0.4, -0.2) is 22.6 Å². The van der Waals surface area contributed by atoms with Crippen molar-refractivity contribution in [2.45, 2.75) is 18.8 Å². The monoisotopic (exact) mass is 288 g/mol. The average molecular weight is 288 g/mol. The number of hydrogen-bond acceptors (Lipinski definition) is 3. The van der Waals surface area contributed by atoms with E-state index in [1.165, 1.54) is 12.3 Å². The molecule has 0 bridgehead atoms. The van der Waals surface area contributed by atoms with Crippen LogP contribution >= 0.6 is 0 Å². The van der Waals surface area contributed by atoms with Gasteiger partial charge < -0.3 is 10.8 Å². The Labute approximate surface area is 122 Å². The molecule has 2 aromatic rings. The topological polar surface area (TPSA) is 76.2 Å². The first-order valence-corrected chi connectivity index (χ1v) is 6.58. The van der Waals surface area contributed by atoms with Crippen molar-refractivity contribution in [3.63, 3.8) is 0 Å². The molecule has 1 atom stereocenters. The fraction of sp³-hybridized carbons (Fsp3) is 0.250. The second-order valence-electron chi connectivity index (χ2n) is 5.15. The number of halogens is 1. The minimum Gasteiger partial charge on any atom is -0.481 e. The number of carboxylic acid groups (broad SMARTS) is 1. The van der Waals surface area contributed by atoms with Crippen molar-refractivity contribution in [3.8, 4) is 0 Å². The van der Waals surface area contributed by atoms with Gasteiger partial charge in [0, 0.05) is 12.7 Å². The molecule has 1 aromatic carbocycles. The van der Waals surface area contributed by atoms with E-state index in [0.29, 0.717) is 11.1 Å². The third kappa shape index (κ3) is 3.08. The summed E-state index contributed by atoms with van der Waals surface area (Å²) in [4.78, 5) is 15.6. The van der Waals surface area contributed by atoms with Crippen LogP contribution in [0, 0.1) is 12.7 Å².